The first-order chi connectivity index (χ1) is 6.92. The van der Waals surface area contributed by atoms with Crippen LogP contribution in [0.5, 0.6) is 0 Å². The van der Waals surface area contributed by atoms with Gasteiger partial charge in [0.1, 0.15) is 22.9 Å². The topological polar surface area (TPSA) is 110 Å². The summed E-state index contributed by atoms with van der Waals surface area (Å²) in [6, 6.07) is 0. The summed E-state index contributed by atoms with van der Waals surface area (Å²) in [6.07, 6.45) is -1.20. The molecule has 5 N–H and O–H groups in total. The predicted molar refractivity (Wildman–Crippen MR) is 54.5 cm³/mol. The molecule has 0 unspecified atom stereocenters. The summed E-state index contributed by atoms with van der Waals surface area (Å²) < 4.78 is 5.03. The highest BCUT2D eigenvalue weighted by molar-refractivity contribution is 5.16. The highest BCUT2D eigenvalue weighted by Gasteiger charge is 2.69. The van der Waals surface area contributed by atoms with Crippen LogP contribution in [0.2, 0.25) is 0 Å². The minimum Gasteiger partial charge on any atom is -0.394 e. The first-order valence-electron chi connectivity index (χ1n) is 5.10. The molecule has 0 aromatic rings. The zero-order chi connectivity index (χ0) is 13.0. The van der Waals surface area contributed by atoms with Gasteiger partial charge in [-0.15, -0.1) is 0 Å². The summed E-state index contributed by atoms with van der Waals surface area (Å²) >= 11 is 0. The Morgan fingerprint density at radius 3 is 1.75 bits per heavy atom. The second-order valence-corrected chi connectivity index (χ2v) is 5.06. The monoisotopic (exact) mass is 236 g/mol. The van der Waals surface area contributed by atoms with Gasteiger partial charge in [-0.1, -0.05) is 0 Å². The Labute approximate surface area is 94.1 Å². The maximum atomic E-state index is 10.2. The Balaban J connectivity index is 3.30. The normalized spacial score (nSPS) is 58.7. The van der Waals surface area contributed by atoms with Crippen molar-refractivity contribution < 1.29 is 30.3 Å². The molecule has 1 aliphatic heterocycles. The third-order valence-corrected chi connectivity index (χ3v) is 4.00. The predicted octanol–water partition coefficient (Wildman–Crippen LogP) is -1.66. The minimum absolute atomic E-state index is 0.588. The Hall–Kier alpha value is -0.240. The van der Waals surface area contributed by atoms with Crippen LogP contribution in [-0.4, -0.2) is 60.8 Å². The van der Waals surface area contributed by atoms with E-state index >= 15 is 0 Å². The van der Waals surface area contributed by atoms with Gasteiger partial charge in [-0.25, -0.2) is 0 Å². The van der Waals surface area contributed by atoms with Crippen LogP contribution in [0.4, 0.5) is 0 Å². The number of hydrogen-bond donors (Lipinski definition) is 5. The Morgan fingerprint density at radius 2 is 1.38 bits per heavy atom. The number of hydrogen-bond acceptors (Lipinski definition) is 6. The van der Waals surface area contributed by atoms with Gasteiger partial charge in [-0.2, -0.15) is 0 Å². The molecule has 0 aliphatic carbocycles. The molecule has 0 aromatic carbocycles. The van der Waals surface area contributed by atoms with Crippen LogP contribution >= 0.6 is 0 Å². The van der Waals surface area contributed by atoms with Crippen molar-refractivity contribution in [2.75, 3.05) is 6.61 Å². The summed E-state index contributed by atoms with van der Waals surface area (Å²) in [6.45, 7) is 4.16. The van der Waals surface area contributed by atoms with Crippen LogP contribution in [0, 0.1) is 0 Å². The zero-order valence-electron chi connectivity index (χ0n) is 9.93. The van der Waals surface area contributed by atoms with E-state index in [1.54, 1.807) is 0 Å². The van der Waals surface area contributed by atoms with Crippen LogP contribution in [0.3, 0.4) is 0 Å². The van der Waals surface area contributed by atoms with Crippen molar-refractivity contribution in [3.63, 3.8) is 0 Å². The third kappa shape index (κ3) is 1.42. The molecule has 0 amide bonds. The number of rotatable bonds is 1. The number of aliphatic hydroxyl groups is 5. The van der Waals surface area contributed by atoms with Gasteiger partial charge >= 0.3 is 0 Å². The molecule has 1 fully saturated rings. The average Bonchev–Trinajstić information content (AvgIpc) is 2.11. The van der Waals surface area contributed by atoms with Gasteiger partial charge in [0.25, 0.3) is 0 Å². The fraction of sp³-hybridized carbons (Fsp3) is 1.00. The smallest absolute Gasteiger partial charge is 0.195 e. The largest absolute Gasteiger partial charge is 0.394 e. The maximum Gasteiger partial charge on any atom is 0.195 e. The second kappa shape index (κ2) is 3.38. The summed E-state index contributed by atoms with van der Waals surface area (Å²) in [5.41, 5.74) is -6.03. The molecule has 0 radical (unpaired) electrons. The van der Waals surface area contributed by atoms with Gasteiger partial charge in [0, 0.05) is 0 Å². The van der Waals surface area contributed by atoms with Gasteiger partial charge in [0.2, 0.25) is 0 Å². The molecule has 1 saturated heterocycles. The molecule has 96 valence electrons. The molecular formula is C10H20O6. The average molecular weight is 236 g/mol. The quantitative estimate of drug-likeness (QED) is 0.373. The highest BCUT2D eigenvalue weighted by Crippen LogP contribution is 2.47. The van der Waals surface area contributed by atoms with Crippen molar-refractivity contribution in [2.45, 2.75) is 56.4 Å². The molecule has 1 rings (SSSR count). The van der Waals surface area contributed by atoms with Gasteiger partial charge in [-0.05, 0) is 27.7 Å². The first kappa shape index (κ1) is 13.8. The summed E-state index contributed by atoms with van der Waals surface area (Å²) in [5, 5.41) is 49.4. The number of ether oxygens (including phenoxy) is 1. The van der Waals surface area contributed by atoms with Crippen molar-refractivity contribution in [1.82, 2.24) is 0 Å². The van der Waals surface area contributed by atoms with Crippen molar-refractivity contribution in [3.05, 3.63) is 0 Å². The van der Waals surface area contributed by atoms with E-state index in [-0.39, 0.29) is 0 Å². The lowest BCUT2D eigenvalue weighted by Gasteiger charge is -2.60. The molecule has 0 spiro atoms. The Morgan fingerprint density at radius 1 is 0.938 bits per heavy atom. The molecule has 6 heteroatoms. The van der Waals surface area contributed by atoms with E-state index in [1.807, 2.05) is 0 Å². The van der Waals surface area contributed by atoms with Gasteiger partial charge < -0.3 is 30.3 Å². The van der Waals surface area contributed by atoms with Crippen LogP contribution in [0.15, 0.2) is 0 Å². The molecule has 1 aliphatic rings. The lowest BCUT2D eigenvalue weighted by molar-refractivity contribution is -0.423. The van der Waals surface area contributed by atoms with Crippen LogP contribution in [0.25, 0.3) is 0 Å². The SMILES string of the molecule is C[C@@]1(O)[C@@](C)(O)[C@](C)(O)[C@@H](CO)O[C@@]1(C)O. The lowest BCUT2D eigenvalue weighted by Crippen LogP contribution is -2.80. The zero-order valence-corrected chi connectivity index (χ0v) is 9.93. The fourth-order valence-electron chi connectivity index (χ4n) is 1.98. The molecular weight excluding hydrogens is 216 g/mol. The fourth-order valence-corrected chi connectivity index (χ4v) is 1.98. The van der Waals surface area contributed by atoms with E-state index < -0.39 is 35.3 Å². The summed E-state index contributed by atoms with van der Waals surface area (Å²) in [7, 11) is 0. The lowest BCUT2D eigenvalue weighted by atomic mass is 9.65. The van der Waals surface area contributed by atoms with E-state index in [4.69, 9.17) is 9.84 Å². The minimum atomic E-state index is -2.09. The Bertz CT molecular complexity index is 281. The van der Waals surface area contributed by atoms with E-state index in [0.717, 1.165) is 6.92 Å². The van der Waals surface area contributed by atoms with Crippen molar-refractivity contribution in [3.8, 4) is 0 Å². The van der Waals surface area contributed by atoms with E-state index in [2.05, 4.69) is 0 Å². The molecule has 0 saturated carbocycles. The van der Waals surface area contributed by atoms with E-state index in [9.17, 15) is 20.4 Å². The molecule has 0 aromatic heterocycles. The molecule has 16 heavy (non-hydrogen) atoms. The number of aliphatic hydroxyl groups excluding tert-OH is 1. The first-order valence-corrected chi connectivity index (χ1v) is 5.10. The van der Waals surface area contributed by atoms with Crippen molar-refractivity contribution >= 4 is 0 Å². The van der Waals surface area contributed by atoms with Crippen molar-refractivity contribution in [2.24, 2.45) is 0 Å². The molecule has 6 nitrogen and oxygen atoms in total. The van der Waals surface area contributed by atoms with E-state index in [0.29, 0.717) is 0 Å². The van der Waals surface area contributed by atoms with Gasteiger partial charge in [0.15, 0.2) is 5.79 Å². The van der Waals surface area contributed by atoms with Crippen LogP contribution < -0.4 is 0 Å². The van der Waals surface area contributed by atoms with Crippen molar-refractivity contribution in [1.29, 1.82) is 0 Å². The van der Waals surface area contributed by atoms with Gasteiger partial charge in [-0.3, -0.25) is 0 Å². The maximum absolute atomic E-state index is 10.2. The summed E-state index contributed by atoms with van der Waals surface area (Å²) in [4.78, 5) is 0. The molecule has 0 bridgehead atoms. The molecule has 5 atom stereocenters. The molecule has 1 heterocycles. The third-order valence-electron chi connectivity index (χ3n) is 4.00. The summed E-state index contributed by atoms with van der Waals surface area (Å²) in [5.74, 6) is -2.08. The second-order valence-electron chi connectivity index (χ2n) is 5.06. The Kier molecular flexibility index (Phi) is 2.92. The standard InChI is InChI=1S/C10H20O6/c1-7(12)6(5-11)16-10(4,15)9(3,14)8(7,2)13/h6,11-15H,5H2,1-4H3/t6-,7-,8+,9-,10-/m1/s1. The van der Waals surface area contributed by atoms with Gasteiger partial charge in [0.05, 0.1) is 6.61 Å². The van der Waals surface area contributed by atoms with Crippen LogP contribution in [0.1, 0.15) is 27.7 Å². The highest BCUT2D eigenvalue weighted by atomic mass is 16.7. The van der Waals surface area contributed by atoms with E-state index in [1.165, 1.54) is 20.8 Å². The van der Waals surface area contributed by atoms with Crippen LogP contribution in [-0.2, 0) is 4.74 Å².